The van der Waals surface area contributed by atoms with Gasteiger partial charge >= 0.3 is 5.97 Å². The number of carbonyl (C=O) groups excluding carboxylic acids is 3. The van der Waals surface area contributed by atoms with E-state index in [0.29, 0.717) is 24.2 Å². The highest BCUT2D eigenvalue weighted by atomic mass is 28.4. The zero-order valence-corrected chi connectivity index (χ0v) is 22.1. The molecule has 0 aliphatic heterocycles. The summed E-state index contributed by atoms with van der Waals surface area (Å²) in [7, 11) is -1.92. The molecule has 0 unspecified atom stereocenters. The Labute approximate surface area is 198 Å². The quantitative estimate of drug-likeness (QED) is 0.433. The number of Topliss-reactive ketones (excluding diaryl/α,β-unsaturated/α-hetero) is 1. The molecule has 5 nitrogen and oxygen atoms in total. The van der Waals surface area contributed by atoms with E-state index in [4.69, 9.17) is 9.16 Å². The van der Waals surface area contributed by atoms with E-state index in [2.05, 4.69) is 39.6 Å². The van der Waals surface area contributed by atoms with Crippen LogP contribution in [0.25, 0.3) is 0 Å². The lowest BCUT2D eigenvalue weighted by atomic mass is 9.45. The van der Waals surface area contributed by atoms with E-state index >= 15 is 0 Å². The molecule has 0 aromatic carbocycles. The maximum absolute atomic E-state index is 13.3. The number of fused-ring (bicyclic) bond motifs is 7. The molecule has 4 fully saturated rings. The maximum Gasteiger partial charge on any atom is 0.303 e. The van der Waals surface area contributed by atoms with E-state index in [9.17, 15) is 14.4 Å². The summed E-state index contributed by atoms with van der Waals surface area (Å²) < 4.78 is 13.0. The van der Waals surface area contributed by atoms with Crippen LogP contribution >= 0.6 is 0 Å². The molecule has 0 aromatic heterocycles. The van der Waals surface area contributed by atoms with Crippen molar-refractivity contribution in [2.24, 2.45) is 40.4 Å². The van der Waals surface area contributed by atoms with E-state index < -0.39 is 19.3 Å². The Morgan fingerprint density at radius 1 is 1.09 bits per heavy atom. The van der Waals surface area contributed by atoms with Gasteiger partial charge in [-0.2, -0.15) is 0 Å². The monoisotopic (exact) mass is 470 g/mol. The van der Waals surface area contributed by atoms with Crippen molar-refractivity contribution in [2.45, 2.75) is 84.7 Å². The predicted octanol–water partition coefficient (Wildman–Crippen LogP) is 4.87. The van der Waals surface area contributed by atoms with Crippen LogP contribution in [0.4, 0.5) is 0 Å². The van der Waals surface area contributed by atoms with Gasteiger partial charge in [0, 0.05) is 29.8 Å². The Morgan fingerprint density at radius 3 is 2.39 bits per heavy atom. The second-order valence-electron chi connectivity index (χ2n) is 12.7. The number of esters is 1. The standard InChI is InChI=1S/C27H38O5Si/c1-15(28)27(31-16(2)29)21-13-20(21)23-19-9-8-17-12-18(30)10-11-25(17,3)24(19)22(14-26(23,27)4)32-33(5,6)7/h10-12,19-24H,8-9,13-14H2,1-7H3/t19-,20-,21+,22-,23+,24+,25-,26-,27+/m0/s1. The highest BCUT2D eigenvalue weighted by molar-refractivity contribution is 6.69. The van der Waals surface area contributed by atoms with Gasteiger partial charge < -0.3 is 9.16 Å². The number of ketones is 2. The van der Waals surface area contributed by atoms with E-state index in [0.717, 1.165) is 19.3 Å². The normalized spacial score (nSPS) is 47.6. The third kappa shape index (κ3) is 3.08. The third-order valence-electron chi connectivity index (χ3n) is 9.73. The lowest BCUT2D eigenvalue weighted by molar-refractivity contribution is -0.203. The molecule has 0 amide bonds. The topological polar surface area (TPSA) is 69.7 Å². The van der Waals surface area contributed by atoms with Crippen molar-refractivity contribution in [3.05, 3.63) is 23.8 Å². The zero-order valence-electron chi connectivity index (χ0n) is 21.1. The Balaban J connectivity index is 1.65. The van der Waals surface area contributed by atoms with Gasteiger partial charge in [0.15, 0.2) is 25.5 Å². The van der Waals surface area contributed by atoms with Gasteiger partial charge in [0.25, 0.3) is 0 Å². The number of carbonyl (C=O) groups is 3. The van der Waals surface area contributed by atoms with Gasteiger partial charge in [0.2, 0.25) is 0 Å². The molecule has 33 heavy (non-hydrogen) atoms. The lowest BCUT2D eigenvalue weighted by Gasteiger charge is -2.62. The van der Waals surface area contributed by atoms with Crippen molar-refractivity contribution in [3.63, 3.8) is 0 Å². The molecule has 0 bridgehead atoms. The van der Waals surface area contributed by atoms with Crippen molar-refractivity contribution in [2.75, 3.05) is 0 Å². The molecule has 5 aliphatic carbocycles. The molecule has 4 saturated carbocycles. The summed E-state index contributed by atoms with van der Waals surface area (Å²) in [5, 5.41) is 0. The van der Waals surface area contributed by atoms with Gasteiger partial charge in [0.05, 0.1) is 0 Å². The van der Waals surface area contributed by atoms with Crippen LogP contribution in [0.3, 0.4) is 0 Å². The minimum absolute atomic E-state index is 0.00818. The van der Waals surface area contributed by atoms with Gasteiger partial charge in [0.1, 0.15) is 0 Å². The molecule has 0 N–H and O–H groups in total. The van der Waals surface area contributed by atoms with Gasteiger partial charge in [-0.3, -0.25) is 14.4 Å². The first-order valence-electron chi connectivity index (χ1n) is 12.6. The van der Waals surface area contributed by atoms with Crippen molar-refractivity contribution in [1.29, 1.82) is 0 Å². The fraction of sp³-hybridized carbons (Fsp3) is 0.741. The zero-order chi connectivity index (χ0) is 24.1. The van der Waals surface area contributed by atoms with Crippen LogP contribution in [0.15, 0.2) is 23.8 Å². The van der Waals surface area contributed by atoms with Crippen molar-refractivity contribution in [1.82, 2.24) is 0 Å². The summed E-state index contributed by atoms with van der Waals surface area (Å²) in [5.41, 5.74) is -0.465. The number of hydrogen-bond donors (Lipinski definition) is 0. The number of hydrogen-bond acceptors (Lipinski definition) is 5. The molecule has 0 spiro atoms. The molecular formula is C27H38O5Si. The van der Waals surface area contributed by atoms with Gasteiger partial charge in [-0.25, -0.2) is 0 Å². The molecule has 0 aromatic rings. The first-order chi connectivity index (χ1) is 15.2. The van der Waals surface area contributed by atoms with Gasteiger partial charge in [-0.05, 0) is 88.1 Å². The second-order valence-corrected chi connectivity index (χ2v) is 17.2. The van der Waals surface area contributed by atoms with E-state index in [-0.39, 0.29) is 40.9 Å². The predicted molar refractivity (Wildman–Crippen MR) is 128 cm³/mol. The highest BCUT2D eigenvalue weighted by Crippen LogP contribution is 2.78. The first-order valence-corrected chi connectivity index (χ1v) is 16.0. The maximum atomic E-state index is 13.3. The average molecular weight is 471 g/mol. The summed E-state index contributed by atoms with van der Waals surface area (Å²) in [6.07, 6.45) is 9.25. The third-order valence-corrected chi connectivity index (χ3v) is 10.7. The smallest absolute Gasteiger partial charge is 0.303 e. The minimum atomic E-state index is -1.92. The molecule has 9 atom stereocenters. The van der Waals surface area contributed by atoms with Crippen molar-refractivity contribution in [3.8, 4) is 0 Å². The Kier molecular flexibility index (Phi) is 4.93. The highest BCUT2D eigenvalue weighted by Gasteiger charge is 2.81. The van der Waals surface area contributed by atoms with Crippen LogP contribution in [0.2, 0.25) is 19.6 Å². The molecule has 0 heterocycles. The number of rotatable bonds is 4. The average Bonchev–Trinajstić information content (AvgIpc) is 3.40. The molecule has 180 valence electrons. The molecule has 6 heteroatoms. The molecule has 0 radical (unpaired) electrons. The summed E-state index contributed by atoms with van der Waals surface area (Å²) in [6, 6.07) is 0. The van der Waals surface area contributed by atoms with Crippen molar-refractivity contribution < 1.29 is 23.5 Å². The van der Waals surface area contributed by atoms with Crippen molar-refractivity contribution >= 4 is 25.9 Å². The number of allylic oxidation sites excluding steroid dienone is 4. The second kappa shape index (κ2) is 7.00. The SMILES string of the molecule is CC(=O)O[C@]1(C(C)=O)[C@@H]2C[C@@H]2[C@H]2[C@@H]3CCC4=CC(=O)C=C[C@]4(C)[C@H]3[C@@H](O[Si](C)(C)C)C[C@@]21C. The summed E-state index contributed by atoms with van der Waals surface area (Å²) in [4.78, 5) is 37.8. The Bertz CT molecular complexity index is 991. The van der Waals surface area contributed by atoms with Gasteiger partial charge in [-0.1, -0.05) is 25.5 Å². The van der Waals surface area contributed by atoms with Crippen LogP contribution in [0.5, 0.6) is 0 Å². The fourth-order valence-electron chi connectivity index (χ4n) is 8.98. The molecular weight excluding hydrogens is 432 g/mol. The summed E-state index contributed by atoms with van der Waals surface area (Å²) in [5.74, 6) is 1.20. The Morgan fingerprint density at radius 2 is 1.79 bits per heavy atom. The van der Waals surface area contributed by atoms with E-state index in [1.807, 2.05) is 6.08 Å². The molecule has 0 saturated heterocycles. The van der Waals surface area contributed by atoms with Crippen LogP contribution < -0.4 is 0 Å². The van der Waals surface area contributed by atoms with Crippen LogP contribution in [-0.2, 0) is 23.5 Å². The van der Waals surface area contributed by atoms with E-state index in [1.165, 1.54) is 12.5 Å². The minimum Gasteiger partial charge on any atom is -0.450 e. The van der Waals surface area contributed by atoms with E-state index in [1.54, 1.807) is 13.0 Å². The largest absolute Gasteiger partial charge is 0.450 e. The summed E-state index contributed by atoms with van der Waals surface area (Å²) in [6.45, 7) is 14.2. The number of ether oxygens (including phenoxy) is 1. The van der Waals surface area contributed by atoms with Crippen LogP contribution in [-0.4, -0.2) is 37.6 Å². The summed E-state index contributed by atoms with van der Waals surface area (Å²) >= 11 is 0. The first kappa shape index (κ1) is 23.2. The van der Waals surface area contributed by atoms with Crippen LogP contribution in [0.1, 0.15) is 53.4 Å². The van der Waals surface area contributed by atoms with Crippen LogP contribution in [0, 0.1) is 40.4 Å². The lowest BCUT2D eigenvalue weighted by Crippen LogP contribution is -2.65. The Hall–Kier alpha value is -1.53. The molecule has 5 aliphatic rings. The molecule has 5 rings (SSSR count). The van der Waals surface area contributed by atoms with Gasteiger partial charge in [-0.15, -0.1) is 0 Å². The fourth-order valence-corrected chi connectivity index (χ4v) is 10.1.